The molecule has 0 unspecified atom stereocenters. The first kappa shape index (κ1) is 18.7. The molecule has 1 heterocycles. The molecule has 3 rings (SSSR count). The molecule has 138 valence electrons. The minimum atomic E-state index is -2.49. The summed E-state index contributed by atoms with van der Waals surface area (Å²) in [7, 11) is 0. The average Bonchev–Trinajstić information content (AvgIpc) is 3.07. The number of carbonyl (C=O) groups excluding carboxylic acids is 1. The summed E-state index contributed by atoms with van der Waals surface area (Å²) in [6.07, 6.45) is 0. The number of nitrogens with one attached hydrogen (secondary N) is 1. The van der Waals surface area contributed by atoms with Crippen LogP contribution in [0.2, 0.25) is 0 Å². The van der Waals surface area contributed by atoms with Gasteiger partial charge in [0.05, 0.1) is 0 Å². The van der Waals surface area contributed by atoms with Crippen LogP contribution in [0.25, 0.3) is 0 Å². The third-order valence-corrected chi connectivity index (χ3v) is 5.27. The number of benzene rings is 2. The fourth-order valence-electron chi connectivity index (χ4n) is 3.31. The van der Waals surface area contributed by atoms with E-state index < -0.39 is 5.76 Å². The summed E-state index contributed by atoms with van der Waals surface area (Å²) in [4.78, 5) is 14.8. The van der Waals surface area contributed by atoms with E-state index in [1.807, 2.05) is 18.2 Å². The number of rotatable bonds is 5. The number of hydrogen-bond donors (Lipinski definition) is 2. The number of likely N-dealkylation sites (tertiary alicyclic amines) is 1. The number of urea groups is 1. The highest BCUT2D eigenvalue weighted by Gasteiger charge is 2.35. The predicted octanol–water partition coefficient (Wildman–Crippen LogP) is 4.21. The lowest BCUT2D eigenvalue weighted by Gasteiger charge is -2.18. The zero-order chi connectivity index (χ0) is 18.5. The summed E-state index contributed by atoms with van der Waals surface area (Å²) in [5.41, 5.74) is 7.59. The third kappa shape index (κ3) is 4.53. The number of alkyl halides is 2. The highest BCUT2D eigenvalue weighted by Crippen LogP contribution is 2.32. The maximum Gasteiger partial charge on any atom is 0.321 e. The van der Waals surface area contributed by atoms with E-state index in [0.29, 0.717) is 42.0 Å². The number of thioether (sulfide) groups is 1. The van der Waals surface area contributed by atoms with Gasteiger partial charge in [-0.05, 0) is 36.2 Å². The molecule has 1 aliphatic heterocycles. The predicted molar refractivity (Wildman–Crippen MR) is 101 cm³/mol. The Morgan fingerprint density at radius 3 is 2.65 bits per heavy atom. The van der Waals surface area contributed by atoms with E-state index in [0.717, 1.165) is 0 Å². The summed E-state index contributed by atoms with van der Waals surface area (Å²) in [5.74, 6) is -2.09. The Hall–Kier alpha value is -2.12. The molecule has 3 N–H and O–H groups in total. The fraction of sp³-hybridized carbons (Fsp3) is 0.316. The van der Waals surface area contributed by atoms with Crippen LogP contribution < -0.4 is 11.1 Å². The van der Waals surface area contributed by atoms with Crippen LogP contribution in [0.5, 0.6) is 0 Å². The second-order valence-electron chi connectivity index (χ2n) is 6.25. The monoisotopic (exact) mass is 377 g/mol. The van der Waals surface area contributed by atoms with Crippen LogP contribution in [0, 0.1) is 5.92 Å². The number of nitrogens with two attached hydrogens (primary N) is 1. The number of halogens is 2. The number of amides is 2. The molecule has 0 aromatic heterocycles. The lowest BCUT2D eigenvalue weighted by Crippen LogP contribution is -2.33. The Bertz CT molecular complexity index is 745. The molecule has 2 aromatic rings. The molecule has 0 bridgehead atoms. The lowest BCUT2D eigenvalue weighted by atomic mass is 9.89. The first-order valence-corrected chi connectivity index (χ1v) is 9.30. The van der Waals surface area contributed by atoms with E-state index in [2.05, 4.69) is 17.4 Å². The SMILES string of the molecule is NC[C@@H]1CN(C(=O)Nc2cccc(SC(F)F)c2)C[C@H]1c1ccccc1. The molecule has 26 heavy (non-hydrogen) atoms. The van der Waals surface area contributed by atoms with Crippen LogP contribution >= 0.6 is 11.8 Å². The van der Waals surface area contributed by atoms with Gasteiger partial charge in [-0.1, -0.05) is 48.2 Å². The van der Waals surface area contributed by atoms with Crippen LogP contribution in [-0.4, -0.2) is 36.3 Å². The molecule has 2 amide bonds. The minimum absolute atomic E-state index is 0.198. The number of hydrogen-bond acceptors (Lipinski definition) is 3. The number of carbonyl (C=O) groups is 1. The van der Waals surface area contributed by atoms with Crippen molar-refractivity contribution in [3.63, 3.8) is 0 Å². The summed E-state index contributed by atoms with van der Waals surface area (Å²) in [6.45, 7) is 1.67. The highest BCUT2D eigenvalue weighted by atomic mass is 32.2. The van der Waals surface area contributed by atoms with Gasteiger partial charge in [0.25, 0.3) is 5.76 Å². The maximum absolute atomic E-state index is 12.6. The van der Waals surface area contributed by atoms with Crippen LogP contribution in [0.3, 0.4) is 0 Å². The lowest BCUT2D eigenvalue weighted by molar-refractivity contribution is 0.220. The van der Waals surface area contributed by atoms with Crippen molar-refractivity contribution in [2.75, 3.05) is 25.0 Å². The molecule has 0 spiro atoms. The molecular weight excluding hydrogens is 356 g/mol. The molecule has 0 aliphatic carbocycles. The van der Waals surface area contributed by atoms with Crippen LogP contribution in [-0.2, 0) is 0 Å². The first-order chi connectivity index (χ1) is 12.6. The van der Waals surface area contributed by atoms with Gasteiger partial charge in [0.15, 0.2) is 0 Å². The van der Waals surface area contributed by atoms with E-state index in [-0.39, 0.29) is 17.9 Å². The highest BCUT2D eigenvalue weighted by molar-refractivity contribution is 7.99. The van der Waals surface area contributed by atoms with Crippen LogP contribution in [0.4, 0.5) is 19.3 Å². The Kier molecular flexibility index (Phi) is 6.11. The van der Waals surface area contributed by atoms with E-state index in [1.54, 1.807) is 29.2 Å². The van der Waals surface area contributed by atoms with Crippen LogP contribution in [0.15, 0.2) is 59.5 Å². The van der Waals surface area contributed by atoms with Gasteiger partial charge in [-0.15, -0.1) is 0 Å². The van der Waals surface area contributed by atoms with Crippen molar-refractivity contribution in [1.29, 1.82) is 0 Å². The molecule has 4 nitrogen and oxygen atoms in total. The smallest absolute Gasteiger partial charge is 0.321 e. The Morgan fingerprint density at radius 1 is 1.19 bits per heavy atom. The van der Waals surface area contributed by atoms with Crippen molar-refractivity contribution in [3.8, 4) is 0 Å². The third-order valence-electron chi connectivity index (χ3n) is 4.57. The quantitative estimate of drug-likeness (QED) is 0.768. The summed E-state index contributed by atoms with van der Waals surface area (Å²) in [6, 6.07) is 16.3. The first-order valence-electron chi connectivity index (χ1n) is 8.42. The van der Waals surface area contributed by atoms with E-state index >= 15 is 0 Å². The standard InChI is InChI=1S/C19H21F2N3OS/c20-18(21)26-16-8-4-7-15(9-16)23-19(25)24-11-14(10-22)17(12-24)13-5-2-1-3-6-13/h1-9,14,17-18H,10-12,22H2,(H,23,25)/t14-,17+/m1/s1. The number of anilines is 1. The van der Waals surface area contributed by atoms with E-state index in [9.17, 15) is 13.6 Å². The molecule has 1 aliphatic rings. The molecule has 7 heteroatoms. The summed E-state index contributed by atoms with van der Waals surface area (Å²) >= 11 is 0.459. The van der Waals surface area contributed by atoms with Gasteiger partial charge >= 0.3 is 6.03 Å². The van der Waals surface area contributed by atoms with Gasteiger partial charge < -0.3 is 16.0 Å². The fourth-order valence-corrected chi connectivity index (χ4v) is 3.86. The van der Waals surface area contributed by atoms with Gasteiger partial charge in [-0.25, -0.2) is 4.79 Å². The molecule has 0 saturated carbocycles. The number of nitrogens with zero attached hydrogens (tertiary/aromatic N) is 1. The molecule has 2 atom stereocenters. The molecule has 2 aromatic carbocycles. The van der Waals surface area contributed by atoms with Gasteiger partial charge in [0, 0.05) is 29.6 Å². The molecule has 1 saturated heterocycles. The van der Waals surface area contributed by atoms with Gasteiger partial charge in [-0.3, -0.25) is 0 Å². The van der Waals surface area contributed by atoms with Gasteiger partial charge in [0.1, 0.15) is 0 Å². The topological polar surface area (TPSA) is 58.4 Å². The Morgan fingerprint density at radius 2 is 1.96 bits per heavy atom. The average molecular weight is 377 g/mol. The Balaban J connectivity index is 1.67. The maximum atomic E-state index is 12.6. The largest absolute Gasteiger partial charge is 0.330 e. The van der Waals surface area contributed by atoms with E-state index in [1.165, 1.54) is 5.56 Å². The van der Waals surface area contributed by atoms with Crippen molar-refractivity contribution < 1.29 is 13.6 Å². The van der Waals surface area contributed by atoms with E-state index in [4.69, 9.17) is 5.73 Å². The van der Waals surface area contributed by atoms with Crippen LogP contribution in [0.1, 0.15) is 11.5 Å². The normalized spacial score (nSPS) is 19.8. The van der Waals surface area contributed by atoms with Crippen molar-refractivity contribution in [3.05, 3.63) is 60.2 Å². The van der Waals surface area contributed by atoms with Gasteiger partial charge in [0.2, 0.25) is 0 Å². The van der Waals surface area contributed by atoms with Crippen molar-refractivity contribution in [1.82, 2.24) is 4.90 Å². The molecule has 1 fully saturated rings. The molecular formula is C19H21F2N3OS. The second-order valence-corrected chi connectivity index (χ2v) is 7.32. The van der Waals surface area contributed by atoms with Gasteiger partial charge in [-0.2, -0.15) is 8.78 Å². The zero-order valence-electron chi connectivity index (χ0n) is 14.1. The van der Waals surface area contributed by atoms with Crippen molar-refractivity contribution >= 4 is 23.5 Å². The zero-order valence-corrected chi connectivity index (χ0v) is 15.0. The summed E-state index contributed by atoms with van der Waals surface area (Å²) in [5, 5.41) is 2.80. The second kappa shape index (κ2) is 8.51. The van der Waals surface area contributed by atoms with Crippen molar-refractivity contribution in [2.24, 2.45) is 11.7 Å². The van der Waals surface area contributed by atoms with Crippen molar-refractivity contribution in [2.45, 2.75) is 16.6 Å². The summed E-state index contributed by atoms with van der Waals surface area (Å²) < 4.78 is 25.0. The minimum Gasteiger partial charge on any atom is -0.330 e. The Labute approximate surface area is 155 Å². The molecule has 0 radical (unpaired) electrons.